The summed E-state index contributed by atoms with van der Waals surface area (Å²) >= 11 is 0. The molecule has 0 aromatic heterocycles. The fourth-order valence-electron chi connectivity index (χ4n) is 2.83. The Labute approximate surface area is 152 Å². The summed E-state index contributed by atoms with van der Waals surface area (Å²) in [6.07, 6.45) is 0.200. The number of benzene rings is 2. The Hall–Kier alpha value is -2.37. The predicted molar refractivity (Wildman–Crippen MR) is 97.9 cm³/mol. The van der Waals surface area contributed by atoms with Gasteiger partial charge in [-0.15, -0.1) is 12.4 Å². The largest absolute Gasteiger partial charge is 0.481 e. The zero-order chi connectivity index (χ0) is 17.5. The second-order valence-corrected chi connectivity index (χ2v) is 5.83. The van der Waals surface area contributed by atoms with Gasteiger partial charge in [-0.1, -0.05) is 60.7 Å². The van der Waals surface area contributed by atoms with Crippen LogP contribution in [0.25, 0.3) is 0 Å². The van der Waals surface area contributed by atoms with E-state index in [1.54, 1.807) is 0 Å². The highest BCUT2D eigenvalue weighted by Crippen LogP contribution is 2.32. The molecular weight excluding hydrogens is 342 g/mol. The maximum Gasteiger partial charge on any atom is 0.320 e. The Morgan fingerprint density at radius 2 is 1.24 bits per heavy atom. The average molecular weight is 364 g/mol. The van der Waals surface area contributed by atoms with Gasteiger partial charge in [-0.2, -0.15) is 0 Å². The third-order valence-electron chi connectivity index (χ3n) is 4.13. The molecule has 2 aromatic carbocycles. The molecule has 134 valence electrons. The van der Waals surface area contributed by atoms with Crippen LogP contribution in [0.1, 0.15) is 29.9 Å². The van der Waals surface area contributed by atoms with Crippen LogP contribution in [0.2, 0.25) is 0 Å². The summed E-state index contributed by atoms with van der Waals surface area (Å²) in [5, 5.41) is 18.5. The first-order valence-corrected chi connectivity index (χ1v) is 7.80. The fourth-order valence-corrected chi connectivity index (χ4v) is 2.83. The van der Waals surface area contributed by atoms with Crippen molar-refractivity contribution in [3.63, 3.8) is 0 Å². The smallest absolute Gasteiger partial charge is 0.320 e. The monoisotopic (exact) mass is 363 g/mol. The van der Waals surface area contributed by atoms with Crippen molar-refractivity contribution >= 4 is 24.3 Å². The minimum Gasteiger partial charge on any atom is -0.481 e. The van der Waals surface area contributed by atoms with Gasteiger partial charge in [0.15, 0.2) is 0 Å². The number of aliphatic carboxylic acids is 2. The Morgan fingerprint density at radius 3 is 1.60 bits per heavy atom. The van der Waals surface area contributed by atoms with E-state index < -0.39 is 23.9 Å². The highest BCUT2D eigenvalue weighted by molar-refractivity contribution is 5.85. The molecule has 0 saturated carbocycles. The number of carbonyl (C=O) groups is 2. The van der Waals surface area contributed by atoms with Crippen molar-refractivity contribution in [3.05, 3.63) is 71.8 Å². The third kappa shape index (κ3) is 5.89. The van der Waals surface area contributed by atoms with Gasteiger partial charge in [-0.25, -0.2) is 0 Å². The molecule has 2 rings (SSSR count). The second-order valence-electron chi connectivity index (χ2n) is 5.83. The Balaban J connectivity index is 0.00000312. The topological polar surface area (TPSA) is 101 Å². The van der Waals surface area contributed by atoms with Crippen LogP contribution in [0, 0.1) is 5.92 Å². The van der Waals surface area contributed by atoms with Gasteiger partial charge in [0, 0.05) is 5.92 Å². The molecule has 0 radical (unpaired) electrons. The van der Waals surface area contributed by atoms with Crippen LogP contribution in [-0.4, -0.2) is 28.2 Å². The van der Waals surface area contributed by atoms with Gasteiger partial charge >= 0.3 is 11.9 Å². The number of nitrogens with two attached hydrogens (primary N) is 1. The molecule has 6 heteroatoms. The standard InChI is InChI=1S/C19H21NO4.ClH/c20-17(19(23)24)12-15(18(21)22)11-16(13-7-3-1-4-8-13)14-9-5-2-6-10-14;/h1-10,15-17H,11-12,20H2,(H,21,22)(H,23,24);1H/t15-,17-;/m0./s1. The number of carboxylic acid groups (broad SMARTS) is 2. The molecule has 0 aliphatic heterocycles. The van der Waals surface area contributed by atoms with Crippen LogP contribution in [0.3, 0.4) is 0 Å². The van der Waals surface area contributed by atoms with Crippen molar-refractivity contribution in [1.82, 2.24) is 0 Å². The van der Waals surface area contributed by atoms with Crippen molar-refractivity contribution in [2.75, 3.05) is 0 Å². The molecule has 0 bridgehead atoms. The van der Waals surface area contributed by atoms with Gasteiger partial charge < -0.3 is 15.9 Å². The van der Waals surface area contributed by atoms with Crippen LogP contribution in [0.5, 0.6) is 0 Å². The Kier molecular flexibility index (Phi) is 8.11. The molecule has 2 aromatic rings. The minimum atomic E-state index is -1.18. The summed E-state index contributed by atoms with van der Waals surface area (Å²) in [5.41, 5.74) is 7.54. The van der Waals surface area contributed by atoms with Crippen molar-refractivity contribution < 1.29 is 19.8 Å². The molecule has 0 spiro atoms. The highest BCUT2D eigenvalue weighted by atomic mass is 35.5. The first-order chi connectivity index (χ1) is 11.5. The normalized spacial score (nSPS) is 12.9. The lowest BCUT2D eigenvalue weighted by atomic mass is 9.81. The summed E-state index contributed by atoms with van der Waals surface area (Å²) in [5.74, 6) is -3.17. The predicted octanol–water partition coefficient (Wildman–Crippen LogP) is 3.13. The maximum atomic E-state index is 11.6. The first-order valence-electron chi connectivity index (χ1n) is 7.80. The van der Waals surface area contributed by atoms with Crippen LogP contribution in [-0.2, 0) is 9.59 Å². The molecule has 0 heterocycles. The number of rotatable bonds is 8. The first kappa shape index (κ1) is 20.7. The maximum absolute atomic E-state index is 11.6. The number of carboxylic acids is 2. The van der Waals surface area contributed by atoms with E-state index in [1.165, 1.54) is 0 Å². The van der Waals surface area contributed by atoms with E-state index in [1.807, 2.05) is 60.7 Å². The van der Waals surface area contributed by atoms with Crippen LogP contribution in [0.4, 0.5) is 0 Å². The summed E-state index contributed by atoms with van der Waals surface area (Å²) in [7, 11) is 0. The van der Waals surface area contributed by atoms with Gasteiger partial charge in [-0.05, 0) is 24.0 Å². The Morgan fingerprint density at radius 1 is 0.800 bits per heavy atom. The van der Waals surface area contributed by atoms with Gasteiger partial charge in [0.1, 0.15) is 6.04 Å². The molecule has 4 N–H and O–H groups in total. The second kappa shape index (κ2) is 9.81. The molecule has 25 heavy (non-hydrogen) atoms. The van der Waals surface area contributed by atoms with Crippen molar-refractivity contribution in [2.45, 2.75) is 24.8 Å². The number of hydrogen-bond donors (Lipinski definition) is 3. The lowest BCUT2D eigenvalue weighted by Gasteiger charge is -2.23. The van der Waals surface area contributed by atoms with Crippen molar-refractivity contribution in [3.8, 4) is 0 Å². The number of halogens is 1. The van der Waals surface area contributed by atoms with Gasteiger partial charge in [0.2, 0.25) is 0 Å². The molecule has 0 fully saturated rings. The third-order valence-corrected chi connectivity index (χ3v) is 4.13. The van der Waals surface area contributed by atoms with E-state index in [-0.39, 0.29) is 24.7 Å². The molecule has 2 atom stereocenters. The van der Waals surface area contributed by atoms with Crippen molar-refractivity contribution in [2.24, 2.45) is 11.7 Å². The summed E-state index contributed by atoms with van der Waals surface area (Å²) in [6.45, 7) is 0. The van der Waals surface area contributed by atoms with E-state index in [4.69, 9.17) is 10.8 Å². The van der Waals surface area contributed by atoms with Gasteiger partial charge in [0.25, 0.3) is 0 Å². The zero-order valence-corrected chi connectivity index (χ0v) is 14.4. The van der Waals surface area contributed by atoms with Gasteiger partial charge in [-0.3, -0.25) is 9.59 Å². The Bertz CT molecular complexity index is 639. The summed E-state index contributed by atoms with van der Waals surface area (Å²) in [4.78, 5) is 22.6. The molecule has 0 aliphatic carbocycles. The molecule has 5 nitrogen and oxygen atoms in total. The quantitative estimate of drug-likeness (QED) is 0.669. The SMILES string of the molecule is Cl.N[C@@H](C[C@H](CC(c1ccccc1)c1ccccc1)C(=O)O)C(=O)O. The van der Waals surface area contributed by atoms with Crippen LogP contribution < -0.4 is 5.73 Å². The van der Waals surface area contributed by atoms with E-state index in [0.717, 1.165) is 11.1 Å². The molecule has 0 aliphatic rings. The highest BCUT2D eigenvalue weighted by Gasteiger charge is 2.28. The molecule has 0 saturated heterocycles. The molecule has 0 amide bonds. The fraction of sp³-hybridized carbons (Fsp3) is 0.263. The van der Waals surface area contributed by atoms with Crippen molar-refractivity contribution in [1.29, 1.82) is 0 Å². The average Bonchev–Trinajstić information content (AvgIpc) is 2.59. The van der Waals surface area contributed by atoms with Crippen LogP contribution >= 0.6 is 12.4 Å². The molecular formula is C19H22ClNO4. The van der Waals surface area contributed by atoms with E-state index in [9.17, 15) is 14.7 Å². The van der Waals surface area contributed by atoms with Gasteiger partial charge in [0.05, 0.1) is 5.92 Å². The van der Waals surface area contributed by atoms with E-state index in [2.05, 4.69) is 0 Å². The lowest BCUT2D eigenvalue weighted by Crippen LogP contribution is -2.35. The molecule has 0 unspecified atom stereocenters. The lowest BCUT2D eigenvalue weighted by molar-refractivity contribution is -0.143. The van der Waals surface area contributed by atoms with E-state index >= 15 is 0 Å². The summed E-state index contributed by atoms with van der Waals surface area (Å²) in [6, 6.07) is 18.1. The van der Waals surface area contributed by atoms with Crippen LogP contribution in [0.15, 0.2) is 60.7 Å². The van der Waals surface area contributed by atoms with E-state index in [0.29, 0.717) is 6.42 Å². The summed E-state index contributed by atoms with van der Waals surface area (Å²) < 4.78 is 0. The minimum absolute atomic E-state index is 0. The zero-order valence-electron chi connectivity index (χ0n) is 13.6. The number of hydrogen-bond acceptors (Lipinski definition) is 3.